The predicted molar refractivity (Wildman–Crippen MR) is 75.8 cm³/mol. The summed E-state index contributed by atoms with van der Waals surface area (Å²) >= 11 is 5.75. The van der Waals surface area contributed by atoms with Crippen LogP contribution in [0.3, 0.4) is 0 Å². The van der Waals surface area contributed by atoms with E-state index in [-0.39, 0.29) is 12.5 Å². The molecular formula is C14H20ClNO3. The van der Waals surface area contributed by atoms with E-state index in [9.17, 15) is 4.79 Å². The van der Waals surface area contributed by atoms with Gasteiger partial charge in [0.25, 0.3) is 0 Å². The Kier molecular flexibility index (Phi) is 7.82. The molecule has 1 amide bonds. The van der Waals surface area contributed by atoms with Crippen molar-refractivity contribution in [1.82, 2.24) is 5.32 Å². The molecule has 1 atom stereocenters. The fraction of sp³-hybridized carbons (Fsp3) is 0.500. The molecule has 5 heteroatoms. The van der Waals surface area contributed by atoms with E-state index in [1.165, 1.54) is 0 Å². The molecule has 0 saturated carbocycles. The zero-order valence-corrected chi connectivity index (χ0v) is 11.9. The number of rotatable bonds is 8. The van der Waals surface area contributed by atoms with E-state index in [4.69, 9.17) is 21.1 Å². The Morgan fingerprint density at radius 1 is 1.37 bits per heavy atom. The number of amides is 1. The smallest absolute Gasteiger partial charge is 0.407 e. The first-order chi connectivity index (χ1) is 9.26. The third-order valence-electron chi connectivity index (χ3n) is 2.42. The molecule has 0 spiro atoms. The number of alkyl carbamates (subject to hydrolysis) is 1. The third-order valence-corrected chi connectivity index (χ3v) is 2.77. The molecule has 0 aliphatic rings. The van der Waals surface area contributed by atoms with Crippen molar-refractivity contribution >= 4 is 17.7 Å². The van der Waals surface area contributed by atoms with Gasteiger partial charge in [0.2, 0.25) is 0 Å². The highest BCUT2D eigenvalue weighted by Gasteiger charge is 2.13. The Bertz CT molecular complexity index is 359. The molecule has 1 rings (SSSR count). The van der Waals surface area contributed by atoms with E-state index in [0.717, 1.165) is 18.6 Å². The van der Waals surface area contributed by atoms with Crippen molar-refractivity contribution in [3.8, 4) is 5.75 Å². The van der Waals surface area contributed by atoms with Gasteiger partial charge in [-0.1, -0.05) is 31.5 Å². The lowest BCUT2D eigenvalue weighted by Gasteiger charge is -2.16. The standard InChI is InChI=1S/C14H20ClNO3/c1-2-3-9-16-14(17)19-13(10-15)11-18-12-7-5-4-6-8-12/h4-8,13H,2-3,9-11H2,1H3,(H,16,17). The lowest BCUT2D eigenvalue weighted by Crippen LogP contribution is -2.33. The van der Waals surface area contributed by atoms with Gasteiger partial charge in [-0.15, -0.1) is 11.6 Å². The van der Waals surface area contributed by atoms with Crippen molar-refractivity contribution in [1.29, 1.82) is 0 Å². The number of alkyl halides is 1. The summed E-state index contributed by atoms with van der Waals surface area (Å²) in [5, 5.41) is 2.67. The summed E-state index contributed by atoms with van der Waals surface area (Å²) in [6.07, 6.45) is 1.05. The molecular weight excluding hydrogens is 266 g/mol. The minimum atomic E-state index is -0.455. The summed E-state index contributed by atoms with van der Waals surface area (Å²) in [5.41, 5.74) is 0. The molecule has 4 nitrogen and oxygen atoms in total. The number of unbranched alkanes of at least 4 members (excludes halogenated alkanes) is 1. The topological polar surface area (TPSA) is 47.6 Å². The van der Waals surface area contributed by atoms with Crippen LogP contribution in [0, 0.1) is 0 Å². The molecule has 0 bridgehead atoms. The van der Waals surface area contributed by atoms with E-state index < -0.39 is 12.2 Å². The van der Waals surface area contributed by atoms with Crippen LogP contribution in [0.15, 0.2) is 30.3 Å². The number of para-hydroxylation sites is 1. The maximum atomic E-state index is 11.5. The van der Waals surface area contributed by atoms with Crippen molar-refractivity contribution in [3.63, 3.8) is 0 Å². The molecule has 1 aromatic rings. The highest BCUT2D eigenvalue weighted by Crippen LogP contribution is 2.09. The molecule has 0 saturated heterocycles. The molecule has 0 aromatic heterocycles. The van der Waals surface area contributed by atoms with E-state index in [0.29, 0.717) is 6.54 Å². The molecule has 1 unspecified atom stereocenters. The van der Waals surface area contributed by atoms with Crippen LogP contribution in [-0.2, 0) is 4.74 Å². The zero-order chi connectivity index (χ0) is 13.9. The minimum absolute atomic E-state index is 0.202. The Morgan fingerprint density at radius 2 is 2.11 bits per heavy atom. The van der Waals surface area contributed by atoms with Crippen molar-refractivity contribution < 1.29 is 14.3 Å². The number of hydrogen-bond donors (Lipinski definition) is 1. The van der Waals surface area contributed by atoms with Gasteiger partial charge >= 0.3 is 6.09 Å². The van der Waals surface area contributed by atoms with Gasteiger partial charge in [-0.2, -0.15) is 0 Å². The molecule has 1 aromatic carbocycles. The summed E-state index contributed by atoms with van der Waals surface area (Å²) in [7, 11) is 0. The Balaban J connectivity index is 2.27. The molecule has 1 N–H and O–H groups in total. The summed E-state index contributed by atoms with van der Waals surface area (Å²) in [4.78, 5) is 11.5. The number of halogens is 1. The van der Waals surface area contributed by atoms with Gasteiger partial charge in [0, 0.05) is 6.54 Å². The van der Waals surface area contributed by atoms with Gasteiger partial charge < -0.3 is 14.8 Å². The number of hydrogen-bond acceptors (Lipinski definition) is 3. The molecule has 19 heavy (non-hydrogen) atoms. The van der Waals surface area contributed by atoms with Crippen LogP contribution in [0.4, 0.5) is 4.79 Å². The molecule has 0 aliphatic heterocycles. The summed E-state index contributed by atoms with van der Waals surface area (Å²) in [6.45, 7) is 2.92. The van der Waals surface area contributed by atoms with E-state index >= 15 is 0 Å². The zero-order valence-electron chi connectivity index (χ0n) is 11.1. The number of carbonyl (C=O) groups is 1. The van der Waals surface area contributed by atoms with Crippen molar-refractivity contribution in [3.05, 3.63) is 30.3 Å². The van der Waals surface area contributed by atoms with E-state index in [1.807, 2.05) is 30.3 Å². The maximum absolute atomic E-state index is 11.5. The summed E-state index contributed by atoms with van der Waals surface area (Å²) in [6, 6.07) is 9.34. The number of carbonyl (C=O) groups excluding carboxylic acids is 1. The van der Waals surface area contributed by atoms with E-state index in [1.54, 1.807) is 0 Å². The van der Waals surface area contributed by atoms with Gasteiger partial charge in [-0.05, 0) is 18.6 Å². The quantitative estimate of drug-likeness (QED) is 0.589. The van der Waals surface area contributed by atoms with Gasteiger partial charge in [-0.25, -0.2) is 4.79 Å². The molecule has 106 valence electrons. The van der Waals surface area contributed by atoms with Gasteiger partial charge in [-0.3, -0.25) is 0 Å². The van der Waals surface area contributed by atoms with Gasteiger partial charge in [0.05, 0.1) is 5.88 Å². The second-order valence-electron chi connectivity index (χ2n) is 4.09. The first kappa shape index (κ1) is 15.6. The predicted octanol–water partition coefficient (Wildman–Crippen LogP) is 3.20. The fourth-order valence-electron chi connectivity index (χ4n) is 1.38. The molecule has 0 fully saturated rings. The van der Waals surface area contributed by atoms with Crippen LogP contribution >= 0.6 is 11.6 Å². The average Bonchev–Trinajstić information content (AvgIpc) is 2.45. The molecule has 0 heterocycles. The molecule has 0 aliphatic carbocycles. The summed E-state index contributed by atoms with van der Waals surface area (Å²) < 4.78 is 10.7. The summed E-state index contributed by atoms with van der Waals surface area (Å²) in [5.74, 6) is 0.932. The minimum Gasteiger partial charge on any atom is -0.490 e. The maximum Gasteiger partial charge on any atom is 0.407 e. The van der Waals surface area contributed by atoms with Crippen molar-refractivity contribution in [2.45, 2.75) is 25.9 Å². The number of nitrogens with one attached hydrogen (secondary N) is 1. The lowest BCUT2D eigenvalue weighted by atomic mass is 10.3. The first-order valence-electron chi connectivity index (χ1n) is 6.44. The highest BCUT2D eigenvalue weighted by atomic mass is 35.5. The van der Waals surface area contributed by atoms with Crippen LogP contribution in [0.25, 0.3) is 0 Å². The first-order valence-corrected chi connectivity index (χ1v) is 6.98. The van der Waals surface area contributed by atoms with Crippen molar-refractivity contribution in [2.24, 2.45) is 0 Å². The average molecular weight is 286 g/mol. The van der Waals surface area contributed by atoms with Crippen LogP contribution in [0.1, 0.15) is 19.8 Å². The second-order valence-corrected chi connectivity index (χ2v) is 4.39. The van der Waals surface area contributed by atoms with Crippen LogP contribution < -0.4 is 10.1 Å². The monoisotopic (exact) mass is 285 g/mol. The Hall–Kier alpha value is -1.42. The van der Waals surface area contributed by atoms with Crippen molar-refractivity contribution in [2.75, 3.05) is 19.0 Å². The molecule has 0 radical (unpaired) electrons. The number of ether oxygens (including phenoxy) is 2. The lowest BCUT2D eigenvalue weighted by molar-refractivity contribution is 0.0772. The van der Waals surface area contributed by atoms with Gasteiger partial charge in [0.1, 0.15) is 12.4 Å². The highest BCUT2D eigenvalue weighted by molar-refractivity contribution is 6.18. The Morgan fingerprint density at radius 3 is 2.74 bits per heavy atom. The Labute approximate surface area is 119 Å². The van der Waals surface area contributed by atoms with Gasteiger partial charge in [0.15, 0.2) is 6.10 Å². The van der Waals surface area contributed by atoms with Crippen LogP contribution in [0.5, 0.6) is 5.75 Å². The van der Waals surface area contributed by atoms with E-state index in [2.05, 4.69) is 12.2 Å². The number of benzene rings is 1. The SMILES string of the molecule is CCCCNC(=O)OC(CCl)COc1ccccc1. The fourth-order valence-corrected chi connectivity index (χ4v) is 1.53. The second kappa shape index (κ2) is 9.50. The van der Waals surface area contributed by atoms with Crippen LogP contribution in [0.2, 0.25) is 0 Å². The largest absolute Gasteiger partial charge is 0.490 e. The van der Waals surface area contributed by atoms with Crippen LogP contribution in [-0.4, -0.2) is 31.2 Å². The third kappa shape index (κ3) is 6.91. The normalized spacial score (nSPS) is 11.7.